The quantitative estimate of drug-likeness (QED) is 0.576. The number of fused-ring (bicyclic) bond motifs is 1. The first kappa shape index (κ1) is 22.2. The fraction of sp³-hybridized carbons (Fsp3) is 0.500. The molecule has 0 aromatic heterocycles. The molecule has 4 heteroatoms. The van der Waals surface area contributed by atoms with Crippen LogP contribution in [0.15, 0.2) is 36.4 Å². The van der Waals surface area contributed by atoms with E-state index in [-0.39, 0.29) is 6.10 Å². The molecule has 0 saturated carbocycles. The van der Waals surface area contributed by atoms with Gasteiger partial charge in [-0.1, -0.05) is 49.7 Å². The first-order chi connectivity index (χ1) is 14.5. The number of ether oxygens (including phenoxy) is 1. The summed E-state index contributed by atoms with van der Waals surface area (Å²) in [5, 5.41) is 0. The second-order valence-corrected chi connectivity index (χ2v) is 8.55. The summed E-state index contributed by atoms with van der Waals surface area (Å²) in [6.07, 6.45) is 6.14. The van der Waals surface area contributed by atoms with E-state index in [1.54, 1.807) is 0 Å². The van der Waals surface area contributed by atoms with Crippen molar-refractivity contribution in [1.29, 1.82) is 0 Å². The van der Waals surface area contributed by atoms with Gasteiger partial charge in [-0.25, -0.2) is 4.79 Å². The van der Waals surface area contributed by atoms with Crippen LogP contribution in [0.3, 0.4) is 0 Å². The Morgan fingerprint density at radius 1 is 1.07 bits per heavy atom. The molecule has 2 aromatic carbocycles. The van der Waals surface area contributed by atoms with Gasteiger partial charge in [0.1, 0.15) is 6.10 Å². The van der Waals surface area contributed by atoms with Crippen LogP contribution in [0.4, 0.5) is 10.5 Å². The Hall–Kier alpha value is -2.49. The second kappa shape index (κ2) is 10.5. The van der Waals surface area contributed by atoms with Crippen LogP contribution in [-0.2, 0) is 30.4 Å². The summed E-state index contributed by atoms with van der Waals surface area (Å²) >= 11 is 0. The molecule has 0 fully saturated rings. The average Bonchev–Trinajstić information content (AvgIpc) is 3.14. The molecule has 2 aromatic rings. The van der Waals surface area contributed by atoms with Gasteiger partial charge < -0.3 is 15.4 Å². The van der Waals surface area contributed by atoms with E-state index in [2.05, 4.69) is 62.1 Å². The smallest absolute Gasteiger partial charge is 0.404 e. The van der Waals surface area contributed by atoms with Gasteiger partial charge in [-0.3, -0.25) is 0 Å². The van der Waals surface area contributed by atoms with Crippen LogP contribution >= 0.6 is 0 Å². The molecule has 1 aliphatic rings. The van der Waals surface area contributed by atoms with E-state index >= 15 is 0 Å². The number of anilines is 1. The normalized spacial score (nSPS) is 13.7. The van der Waals surface area contributed by atoms with E-state index in [4.69, 9.17) is 10.5 Å². The number of aryl methyl sites for hydroxylation is 3. The minimum Gasteiger partial charge on any atom is -0.446 e. The highest BCUT2D eigenvalue weighted by atomic mass is 16.6. The van der Waals surface area contributed by atoms with Crippen LogP contribution < -0.4 is 10.6 Å². The van der Waals surface area contributed by atoms with Crippen LogP contribution in [0.2, 0.25) is 0 Å². The monoisotopic (exact) mass is 408 g/mol. The lowest BCUT2D eigenvalue weighted by atomic mass is 9.95. The number of hydrogen-bond acceptors (Lipinski definition) is 3. The predicted molar refractivity (Wildman–Crippen MR) is 124 cm³/mol. The first-order valence-corrected chi connectivity index (χ1v) is 11.4. The summed E-state index contributed by atoms with van der Waals surface area (Å²) in [5.74, 6) is 0. The van der Waals surface area contributed by atoms with Gasteiger partial charge in [0, 0.05) is 31.6 Å². The topological polar surface area (TPSA) is 55.6 Å². The van der Waals surface area contributed by atoms with Crippen molar-refractivity contribution < 1.29 is 9.53 Å². The zero-order chi connectivity index (χ0) is 21.5. The summed E-state index contributed by atoms with van der Waals surface area (Å²) in [7, 11) is 0. The van der Waals surface area contributed by atoms with E-state index in [0.717, 1.165) is 32.4 Å². The molecule has 0 saturated heterocycles. The molecule has 0 spiro atoms. The summed E-state index contributed by atoms with van der Waals surface area (Å²) in [4.78, 5) is 14.2. The molecule has 4 nitrogen and oxygen atoms in total. The Morgan fingerprint density at radius 2 is 1.77 bits per heavy atom. The number of carbonyl (C=O) groups is 1. The molecule has 1 atom stereocenters. The van der Waals surface area contributed by atoms with E-state index in [0.29, 0.717) is 12.8 Å². The number of amides is 1. The first-order valence-electron chi connectivity index (χ1n) is 11.4. The van der Waals surface area contributed by atoms with Gasteiger partial charge in [-0.2, -0.15) is 0 Å². The lowest BCUT2D eigenvalue weighted by Gasteiger charge is -2.29. The molecule has 1 amide bonds. The van der Waals surface area contributed by atoms with Crippen LogP contribution in [0.25, 0.3) is 0 Å². The molecular weight excluding hydrogens is 372 g/mol. The average molecular weight is 409 g/mol. The molecule has 1 unspecified atom stereocenters. The van der Waals surface area contributed by atoms with E-state index in [1.807, 2.05) is 0 Å². The van der Waals surface area contributed by atoms with Gasteiger partial charge in [-0.05, 0) is 67.3 Å². The fourth-order valence-corrected chi connectivity index (χ4v) is 4.68. The highest BCUT2D eigenvalue weighted by Gasteiger charge is 2.22. The SMILES string of the molecule is CCCN(CCC)c1cc2c(cc1CC(Cc1cccc(C)c1)OC(N)=O)CCC2. The van der Waals surface area contributed by atoms with Crippen molar-refractivity contribution >= 4 is 11.8 Å². The number of hydrogen-bond donors (Lipinski definition) is 1. The van der Waals surface area contributed by atoms with Crippen molar-refractivity contribution in [3.05, 3.63) is 64.2 Å². The van der Waals surface area contributed by atoms with Gasteiger partial charge in [0.15, 0.2) is 0 Å². The molecular formula is C26H36N2O2. The zero-order valence-electron chi connectivity index (χ0n) is 18.7. The van der Waals surface area contributed by atoms with Crippen LogP contribution in [0, 0.1) is 6.92 Å². The van der Waals surface area contributed by atoms with Gasteiger partial charge in [0.2, 0.25) is 0 Å². The third-order valence-corrected chi connectivity index (χ3v) is 5.90. The maximum atomic E-state index is 11.7. The van der Waals surface area contributed by atoms with Crippen molar-refractivity contribution in [3.8, 4) is 0 Å². The van der Waals surface area contributed by atoms with E-state index < -0.39 is 6.09 Å². The maximum absolute atomic E-state index is 11.7. The molecule has 0 bridgehead atoms. The number of carbonyl (C=O) groups excluding carboxylic acids is 1. The maximum Gasteiger partial charge on any atom is 0.404 e. The molecule has 30 heavy (non-hydrogen) atoms. The zero-order valence-corrected chi connectivity index (χ0v) is 18.7. The third-order valence-electron chi connectivity index (χ3n) is 5.90. The second-order valence-electron chi connectivity index (χ2n) is 8.55. The number of nitrogens with two attached hydrogens (primary N) is 1. The largest absolute Gasteiger partial charge is 0.446 e. The summed E-state index contributed by atoms with van der Waals surface area (Å²) in [6.45, 7) is 8.62. The van der Waals surface area contributed by atoms with Gasteiger partial charge in [-0.15, -0.1) is 0 Å². The molecule has 1 aliphatic carbocycles. The van der Waals surface area contributed by atoms with Crippen molar-refractivity contribution in [2.75, 3.05) is 18.0 Å². The highest BCUT2D eigenvalue weighted by molar-refractivity contribution is 5.65. The molecule has 0 aliphatic heterocycles. The van der Waals surface area contributed by atoms with Crippen molar-refractivity contribution in [2.45, 2.75) is 71.8 Å². The lowest BCUT2D eigenvalue weighted by molar-refractivity contribution is 0.106. The molecule has 0 heterocycles. The predicted octanol–water partition coefficient (Wildman–Crippen LogP) is 5.36. The Bertz CT molecular complexity index is 856. The summed E-state index contributed by atoms with van der Waals surface area (Å²) in [5.41, 5.74) is 13.3. The standard InChI is InChI=1S/C26H36N2O2/c1-4-12-28(13-5-2)25-18-22-11-7-10-21(22)16-23(25)17-24(30-26(27)29)15-20-9-6-8-19(3)14-20/h6,8-9,14,16,18,24H,4-5,7,10-13,15,17H2,1-3H3,(H2,27,29). The van der Waals surface area contributed by atoms with Crippen molar-refractivity contribution in [1.82, 2.24) is 0 Å². The summed E-state index contributed by atoms with van der Waals surface area (Å²) in [6, 6.07) is 13.1. The molecule has 3 rings (SSSR count). The Morgan fingerprint density at radius 3 is 2.40 bits per heavy atom. The van der Waals surface area contributed by atoms with Gasteiger partial charge >= 0.3 is 6.09 Å². The van der Waals surface area contributed by atoms with E-state index in [9.17, 15) is 4.79 Å². The van der Waals surface area contributed by atoms with Crippen LogP contribution in [0.1, 0.15) is 60.9 Å². The van der Waals surface area contributed by atoms with Gasteiger partial charge in [0.25, 0.3) is 0 Å². The van der Waals surface area contributed by atoms with Crippen LogP contribution in [0.5, 0.6) is 0 Å². The lowest BCUT2D eigenvalue weighted by Crippen LogP contribution is -2.30. The minimum atomic E-state index is -0.700. The number of primary amides is 1. The Balaban J connectivity index is 1.92. The Labute approximate surface area is 181 Å². The Kier molecular flexibility index (Phi) is 7.78. The number of nitrogens with zero attached hydrogens (tertiary/aromatic N) is 1. The van der Waals surface area contributed by atoms with Crippen molar-refractivity contribution in [2.24, 2.45) is 5.73 Å². The highest BCUT2D eigenvalue weighted by Crippen LogP contribution is 2.32. The summed E-state index contributed by atoms with van der Waals surface area (Å²) < 4.78 is 5.59. The third kappa shape index (κ3) is 5.78. The van der Waals surface area contributed by atoms with E-state index in [1.165, 1.54) is 46.3 Å². The van der Waals surface area contributed by atoms with Crippen molar-refractivity contribution in [3.63, 3.8) is 0 Å². The van der Waals surface area contributed by atoms with Crippen LogP contribution in [-0.4, -0.2) is 25.3 Å². The fourth-order valence-electron chi connectivity index (χ4n) is 4.68. The number of rotatable bonds is 10. The molecule has 0 radical (unpaired) electrons. The number of benzene rings is 2. The molecule has 2 N–H and O–H groups in total. The molecule has 162 valence electrons. The minimum absolute atomic E-state index is 0.271. The van der Waals surface area contributed by atoms with Gasteiger partial charge in [0.05, 0.1) is 0 Å².